The molecule has 140 valence electrons. The molecule has 1 aromatic carbocycles. The fraction of sp³-hybridized carbons (Fsp3) is 0.400. The molecule has 2 aromatic rings. The number of anilines is 1. The second-order valence-corrected chi connectivity index (χ2v) is 7.12. The van der Waals surface area contributed by atoms with Crippen LogP contribution in [0.3, 0.4) is 0 Å². The van der Waals surface area contributed by atoms with Gasteiger partial charge in [-0.25, -0.2) is 4.68 Å². The molecule has 1 aromatic heterocycles. The topological polar surface area (TPSA) is 84.3 Å². The van der Waals surface area contributed by atoms with Crippen LogP contribution in [0, 0.1) is 11.8 Å². The Kier molecular flexibility index (Phi) is 4.75. The van der Waals surface area contributed by atoms with Gasteiger partial charge in [0.15, 0.2) is 0 Å². The first kappa shape index (κ1) is 17.5. The highest BCUT2D eigenvalue weighted by Gasteiger charge is 2.47. The predicted molar refractivity (Wildman–Crippen MR) is 99.0 cm³/mol. The van der Waals surface area contributed by atoms with Crippen molar-refractivity contribution >= 4 is 23.4 Å². The van der Waals surface area contributed by atoms with E-state index in [9.17, 15) is 14.4 Å². The lowest BCUT2D eigenvalue weighted by Crippen LogP contribution is -2.34. The fourth-order valence-corrected chi connectivity index (χ4v) is 4.04. The van der Waals surface area contributed by atoms with Crippen LogP contribution in [0.2, 0.25) is 0 Å². The molecule has 0 bridgehead atoms. The third kappa shape index (κ3) is 3.49. The van der Waals surface area contributed by atoms with Crippen molar-refractivity contribution in [1.82, 2.24) is 14.7 Å². The van der Waals surface area contributed by atoms with E-state index >= 15 is 0 Å². The predicted octanol–water partition coefficient (Wildman–Crippen LogP) is 2.38. The van der Waals surface area contributed by atoms with E-state index in [0.29, 0.717) is 5.69 Å². The van der Waals surface area contributed by atoms with Crippen molar-refractivity contribution < 1.29 is 14.4 Å². The van der Waals surface area contributed by atoms with Gasteiger partial charge in [-0.1, -0.05) is 18.9 Å². The molecule has 1 saturated heterocycles. The molecule has 0 spiro atoms. The quantitative estimate of drug-likeness (QED) is 0.824. The standard InChI is InChI=1S/C20H22N4O3/c25-18(22-14-5-3-6-15(13-14)24-11-4-10-21-24)9-12-23-19(26)16-7-1-2-8-17(16)20(23)27/h3-6,10-11,13,16-17H,1-2,7-9,12H2,(H,22,25). The monoisotopic (exact) mass is 366 g/mol. The van der Waals surface area contributed by atoms with Gasteiger partial charge in [0, 0.05) is 31.0 Å². The third-order valence-corrected chi connectivity index (χ3v) is 5.39. The molecule has 2 aliphatic rings. The van der Waals surface area contributed by atoms with Crippen molar-refractivity contribution in [2.45, 2.75) is 32.1 Å². The van der Waals surface area contributed by atoms with Gasteiger partial charge in [0.05, 0.1) is 17.5 Å². The Morgan fingerprint density at radius 2 is 1.85 bits per heavy atom. The molecule has 27 heavy (non-hydrogen) atoms. The molecule has 7 heteroatoms. The Labute approximate surface area is 157 Å². The largest absolute Gasteiger partial charge is 0.326 e. The van der Waals surface area contributed by atoms with Gasteiger partial charge in [0.25, 0.3) is 0 Å². The van der Waals surface area contributed by atoms with Crippen LogP contribution in [0.1, 0.15) is 32.1 Å². The Morgan fingerprint density at radius 3 is 2.52 bits per heavy atom. The molecular weight excluding hydrogens is 344 g/mol. The van der Waals surface area contributed by atoms with Crippen molar-refractivity contribution in [3.05, 3.63) is 42.7 Å². The van der Waals surface area contributed by atoms with Gasteiger partial charge in [0.2, 0.25) is 17.7 Å². The summed E-state index contributed by atoms with van der Waals surface area (Å²) < 4.78 is 1.71. The van der Waals surface area contributed by atoms with E-state index in [1.54, 1.807) is 16.9 Å². The lowest BCUT2D eigenvalue weighted by Gasteiger charge is -2.19. The van der Waals surface area contributed by atoms with Gasteiger partial charge in [0.1, 0.15) is 0 Å². The zero-order valence-electron chi connectivity index (χ0n) is 15.0. The Hall–Kier alpha value is -2.96. The third-order valence-electron chi connectivity index (χ3n) is 5.39. The number of rotatable bonds is 5. The molecule has 0 radical (unpaired) electrons. The van der Waals surface area contributed by atoms with E-state index in [4.69, 9.17) is 0 Å². The summed E-state index contributed by atoms with van der Waals surface area (Å²) in [5.74, 6) is -0.750. The number of carbonyl (C=O) groups excluding carboxylic acids is 3. The SMILES string of the molecule is O=C(CCN1C(=O)C2CCCCC2C1=O)Nc1cccc(-n2cccn2)c1. The van der Waals surface area contributed by atoms with E-state index < -0.39 is 0 Å². The molecule has 1 N–H and O–H groups in total. The maximum absolute atomic E-state index is 12.5. The Balaban J connectivity index is 1.36. The van der Waals surface area contributed by atoms with E-state index in [1.807, 2.05) is 30.5 Å². The number of amides is 3. The number of hydrogen-bond donors (Lipinski definition) is 1. The summed E-state index contributed by atoms with van der Waals surface area (Å²) in [4.78, 5) is 38.5. The Bertz CT molecular complexity index is 838. The second kappa shape index (κ2) is 7.34. The average molecular weight is 366 g/mol. The molecular formula is C20H22N4O3. The van der Waals surface area contributed by atoms with Crippen LogP contribution in [0.15, 0.2) is 42.7 Å². The van der Waals surface area contributed by atoms with Gasteiger partial charge in [-0.15, -0.1) is 0 Å². The van der Waals surface area contributed by atoms with Crippen LogP contribution < -0.4 is 5.32 Å². The van der Waals surface area contributed by atoms with E-state index in [-0.39, 0.29) is 42.5 Å². The van der Waals surface area contributed by atoms with Gasteiger partial charge in [-0.05, 0) is 37.1 Å². The van der Waals surface area contributed by atoms with Crippen LogP contribution in [0.4, 0.5) is 5.69 Å². The number of benzene rings is 1. The molecule has 2 heterocycles. The van der Waals surface area contributed by atoms with Crippen LogP contribution in [-0.4, -0.2) is 38.9 Å². The molecule has 2 unspecified atom stereocenters. The summed E-state index contributed by atoms with van der Waals surface area (Å²) in [6.07, 6.45) is 7.19. The number of nitrogens with one attached hydrogen (secondary N) is 1. The van der Waals surface area contributed by atoms with E-state index in [0.717, 1.165) is 31.4 Å². The zero-order chi connectivity index (χ0) is 18.8. The maximum atomic E-state index is 12.5. The van der Waals surface area contributed by atoms with Crippen LogP contribution in [-0.2, 0) is 14.4 Å². The normalized spacial score (nSPS) is 22.0. The molecule has 7 nitrogen and oxygen atoms in total. The van der Waals surface area contributed by atoms with E-state index in [1.165, 1.54) is 4.90 Å². The lowest BCUT2D eigenvalue weighted by molar-refractivity contribution is -0.140. The van der Waals surface area contributed by atoms with Gasteiger partial charge < -0.3 is 5.32 Å². The van der Waals surface area contributed by atoms with Crippen LogP contribution in [0.5, 0.6) is 0 Å². The Morgan fingerprint density at radius 1 is 1.11 bits per heavy atom. The summed E-state index contributed by atoms with van der Waals surface area (Å²) in [6.45, 7) is 0.148. The number of aromatic nitrogens is 2. The minimum atomic E-state index is -0.219. The molecule has 3 amide bonds. The summed E-state index contributed by atoms with van der Waals surface area (Å²) in [7, 11) is 0. The first-order valence-electron chi connectivity index (χ1n) is 9.38. The molecule has 1 aliphatic heterocycles. The van der Waals surface area contributed by atoms with Gasteiger partial charge in [-0.3, -0.25) is 19.3 Å². The number of hydrogen-bond acceptors (Lipinski definition) is 4. The number of likely N-dealkylation sites (tertiary alicyclic amines) is 1. The van der Waals surface area contributed by atoms with Crippen molar-refractivity contribution in [1.29, 1.82) is 0 Å². The summed E-state index contributed by atoms with van der Waals surface area (Å²) in [5.41, 5.74) is 1.49. The summed E-state index contributed by atoms with van der Waals surface area (Å²) >= 11 is 0. The number of nitrogens with zero attached hydrogens (tertiary/aromatic N) is 3. The molecule has 2 fully saturated rings. The second-order valence-electron chi connectivity index (χ2n) is 7.12. The highest BCUT2D eigenvalue weighted by Crippen LogP contribution is 2.37. The molecule has 4 rings (SSSR count). The maximum Gasteiger partial charge on any atom is 0.233 e. The molecule has 2 atom stereocenters. The van der Waals surface area contributed by atoms with Crippen molar-refractivity contribution in [3.63, 3.8) is 0 Å². The lowest BCUT2D eigenvalue weighted by atomic mass is 9.81. The van der Waals surface area contributed by atoms with Crippen molar-refractivity contribution in [2.24, 2.45) is 11.8 Å². The first-order valence-corrected chi connectivity index (χ1v) is 9.38. The van der Waals surface area contributed by atoms with Crippen LogP contribution in [0.25, 0.3) is 5.69 Å². The van der Waals surface area contributed by atoms with Gasteiger partial charge >= 0.3 is 0 Å². The van der Waals surface area contributed by atoms with E-state index in [2.05, 4.69) is 10.4 Å². The highest BCUT2D eigenvalue weighted by atomic mass is 16.2. The summed E-state index contributed by atoms with van der Waals surface area (Å²) in [6, 6.07) is 9.18. The fourth-order valence-electron chi connectivity index (χ4n) is 4.04. The number of fused-ring (bicyclic) bond motifs is 1. The number of carbonyl (C=O) groups is 3. The van der Waals surface area contributed by atoms with Gasteiger partial charge in [-0.2, -0.15) is 5.10 Å². The van der Waals surface area contributed by atoms with Crippen LogP contribution >= 0.6 is 0 Å². The minimum Gasteiger partial charge on any atom is -0.326 e. The summed E-state index contributed by atoms with van der Waals surface area (Å²) in [5, 5.41) is 7.00. The van der Waals surface area contributed by atoms with Crippen molar-refractivity contribution in [3.8, 4) is 5.69 Å². The van der Waals surface area contributed by atoms with Crippen molar-refractivity contribution in [2.75, 3.05) is 11.9 Å². The minimum absolute atomic E-state index is 0.0989. The average Bonchev–Trinajstić information content (AvgIpc) is 3.29. The highest BCUT2D eigenvalue weighted by molar-refractivity contribution is 6.05. The molecule has 1 aliphatic carbocycles. The smallest absolute Gasteiger partial charge is 0.233 e. The zero-order valence-corrected chi connectivity index (χ0v) is 15.0. The first-order chi connectivity index (χ1) is 13.1. The molecule has 1 saturated carbocycles. The number of imide groups is 1.